The molecule has 3 rings (SSSR count). The summed E-state index contributed by atoms with van der Waals surface area (Å²) in [6, 6.07) is 9.42. The smallest absolute Gasteiger partial charge is 0.329 e. The Labute approximate surface area is 134 Å². The van der Waals surface area contributed by atoms with Crippen LogP contribution >= 0.6 is 0 Å². The molecule has 2 aromatic rings. The minimum absolute atomic E-state index is 0.107. The average molecular weight is 311 g/mol. The highest BCUT2D eigenvalue weighted by Crippen LogP contribution is 2.49. The number of hydrogen-bond acceptors (Lipinski definition) is 4. The first-order valence-electron chi connectivity index (χ1n) is 7.20. The number of hydrogen-bond donors (Lipinski definition) is 0. The zero-order chi connectivity index (χ0) is 16.8. The summed E-state index contributed by atoms with van der Waals surface area (Å²) in [6.07, 6.45) is 5.87. The molecule has 0 spiro atoms. The highest BCUT2D eigenvalue weighted by molar-refractivity contribution is 6.08. The largest absolute Gasteiger partial charge is 0.468 e. The summed E-state index contributed by atoms with van der Waals surface area (Å²) in [5.41, 5.74) is -1.000. The predicted molar refractivity (Wildman–Crippen MR) is 84.7 cm³/mol. The van der Waals surface area contributed by atoms with Crippen LogP contribution in [-0.4, -0.2) is 30.7 Å². The zero-order valence-electron chi connectivity index (χ0n) is 13.3. The Balaban J connectivity index is 2.42. The van der Waals surface area contributed by atoms with Crippen LogP contribution in [0.2, 0.25) is 0 Å². The summed E-state index contributed by atoms with van der Waals surface area (Å²) in [5.74, 6) is 1.42. The van der Waals surface area contributed by atoms with Gasteiger partial charge < -0.3 is 14.0 Å². The van der Waals surface area contributed by atoms with E-state index < -0.39 is 22.9 Å². The third-order valence-electron chi connectivity index (χ3n) is 4.63. The molecule has 0 unspecified atom stereocenters. The van der Waals surface area contributed by atoms with Gasteiger partial charge in [-0.2, -0.15) is 0 Å². The maximum absolute atomic E-state index is 12.6. The van der Waals surface area contributed by atoms with Crippen molar-refractivity contribution in [3.8, 4) is 12.3 Å². The fourth-order valence-corrected chi connectivity index (χ4v) is 3.59. The molecule has 5 heteroatoms. The van der Waals surface area contributed by atoms with Gasteiger partial charge in [0.05, 0.1) is 14.2 Å². The molecule has 0 fully saturated rings. The molecule has 23 heavy (non-hydrogen) atoms. The van der Waals surface area contributed by atoms with Crippen molar-refractivity contribution in [2.24, 2.45) is 0 Å². The SMILES string of the molecule is C#C[C@@]1(C)CC(C(=O)OC)(C(=O)OC)c2cc3ccccc3n21. The number of ether oxygens (including phenoxy) is 2. The van der Waals surface area contributed by atoms with E-state index >= 15 is 0 Å². The van der Waals surface area contributed by atoms with Crippen LogP contribution in [0.25, 0.3) is 10.9 Å². The van der Waals surface area contributed by atoms with Crippen LogP contribution in [-0.2, 0) is 30.0 Å². The van der Waals surface area contributed by atoms with Crippen LogP contribution in [0.1, 0.15) is 19.0 Å². The summed E-state index contributed by atoms with van der Waals surface area (Å²) in [7, 11) is 2.51. The number of terminal acetylenes is 1. The van der Waals surface area contributed by atoms with Gasteiger partial charge in [0.1, 0.15) is 5.54 Å². The lowest BCUT2D eigenvalue weighted by Crippen LogP contribution is -2.44. The van der Waals surface area contributed by atoms with E-state index in [0.29, 0.717) is 5.69 Å². The number of carbonyl (C=O) groups is 2. The first-order valence-corrected chi connectivity index (χ1v) is 7.20. The van der Waals surface area contributed by atoms with E-state index in [1.165, 1.54) is 14.2 Å². The molecule has 0 bridgehead atoms. The van der Waals surface area contributed by atoms with Gasteiger partial charge in [0, 0.05) is 17.6 Å². The molecule has 1 aliphatic rings. The van der Waals surface area contributed by atoms with Gasteiger partial charge in [-0.15, -0.1) is 6.42 Å². The summed E-state index contributed by atoms with van der Waals surface area (Å²) in [5, 5.41) is 0.904. The summed E-state index contributed by atoms with van der Waals surface area (Å²) in [6.45, 7) is 1.83. The molecule has 118 valence electrons. The fourth-order valence-electron chi connectivity index (χ4n) is 3.59. The van der Waals surface area contributed by atoms with Gasteiger partial charge in [-0.3, -0.25) is 9.59 Å². The van der Waals surface area contributed by atoms with Crippen molar-refractivity contribution < 1.29 is 19.1 Å². The van der Waals surface area contributed by atoms with Crippen LogP contribution in [0.3, 0.4) is 0 Å². The Bertz CT molecular complexity index is 842. The van der Waals surface area contributed by atoms with Crippen molar-refractivity contribution in [3.05, 3.63) is 36.0 Å². The molecular weight excluding hydrogens is 294 g/mol. The minimum atomic E-state index is -1.55. The second-order valence-electron chi connectivity index (χ2n) is 5.91. The van der Waals surface area contributed by atoms with Crippen molar-refractivity contribution in [3.63, 3.8) is 0 Å². The highest BCUT2D eigenvalue weighted by Gasteiger charge is 2.61. The van der Waals surface area contributed by atoms with Crippen LogP contribution in [0.4, 0.5) is 0 Å². The molecule has 0 aliphatic carbocycles. The third kappa shape index (κ3) is 1.75. The second-order valence-corrected chi connectivity index (χ2v) is 5.91. The summed E-state index contributed by atoms with van der Waals surface area (Å²) < 4.78 is 11.7. The zero-order valence-corrected chi connectivity index (χ0v) is 13.3. The molecule has 2 heterocycles. The van der Waals surface area contributed by atoms with E-state index in [1.807, 2.05) is 41.8 Å². The normalized spacial score (nSPS) is 21.5. The highest BCUT2D eigenvalue weighted by atomic mass is 16.5. The second kappa shape index (κ2) is 4.88. The van der Waals surface area contributed by atoms with E-state index in [-0.39, 0.29) is 6.42 Å². The number of benzene rings is 1. The van der Waals surface area contributed by atoms with Crippen molar-refractivity contribution >= 4 is 22.8 Å². The van der Waals surface area contributed by atoms with Gasteiger partial charge in [-0.1, -0.05) is 24.1 Å². The molecule has 0 N–H and O–H groups in total. The van der Waals surface area contributed by atoms with Gasteiger partial charge in [-0.25, -0.2) is 0 Å². The standard InChI is InChI=1S/C18H17NO4/c1-5-17(2)11-18(15(20)22-3,16(21)23-4)14-10-12-8-6-7-9-13(12)19(14)17/h1,6-10H,11H2,2-4H3/t17-/m0/s1. The minimum Gasteiger partial charge on any atom is -0.468 e. The van der Waals surface area contributed by atoms with Crippen molar-refractivity contribution in [2.45, 2.75) is 24.3 Å². The molecule has 0 saturated heterocycles. The van der Waals surface area contributed by atoms with Gasteiger partial charge in [-0.05, 0) is 24.4 Å². The van der Waals surface area contributed by atoms with Crippen LogP contribution < -0.4 is 0 Å². The number of nitrogens with zero attached hydrogens (tertiary/aromatic N) is 1. The molecule has 1 aromatic carbocycles. The quantitative estimate of drug-likeness (QED) is 0.483. The predicted octanol–water partition coefficient (Wildman–Crippen LogP) is 1.98. The molecule has 1 atom stereocenters. The van der Waals surface area contributed by atoms with Gasteiger partial charge in [0.15, 0.2) is 0 Å². The van der Waals surface area contributed by atoms with E-state index in [1.54, 1.807) is 0 Å². The maximum atomic E-state index is 12.6. The lowest BCUT2D eigenvalue weighted by molar-refractivity contribution is -0.162. The first kappa shape index (κ1) is 15.2. The first-order chi connectivity index (χ1) is 10.9. The number of carbonyl (C=O) groups excluding carboxylic acids is 2. The van der Waals surface area contributed by atoms with Gasteiger partial charge in [0.2, 0.25) is 5.41 Å². The van der Waals surface area contributed by atoms with Gasteiger partial charge in [0.25, 0.3) is 0 Å². The topological polar surface area (TPSA) is 57.5 Å². The Morgan fingerprint density at radius 2 is 1.83 bits per heavy atom. The van der Waals surface area contributed by atoms with Crippen LogP contribution in [0.5, 0.6) is 0 Å². The lowest BCUT2D eigenvalue weighted by atomic mass is 9.78. The molecule has 0 radical (unpaired) electrons. The lowest BCUT2D eigenvalue weighted by Gasteiger charge is -2.25. The van der Waals surface area contributed by atoms with Crippen LogP contribution in [0, 0.1) is 12.3 Å². The van der Waals surface area contributed by atoms with E-state index in [2.05, 4.69) is 5.92 Å². The van der Waals surface area contributed by atoms with Crippen LogP contribution in [0.15, 0.2) is 30.3 Å². The molecule has 1 aromatic heterocycles. The molecule has 0 saturated carbocycles. The Hall–Kier alpha value is -2.74. The summed E-state index contributed by atoms with van der Waals surface area (Å²) in [4.78, 5) is 25.1. The molecular formula is C18H17NO4. The Morgan fingerprint density at radius 3 is 2.39 bits per heavy atom. The maximum Gasteiger partial charge on any atom is 0.329 e. The number of aromatic nitrogens is 1. The van der Waals surface area contributed by atoms with E-state index in [0.717, 1.165) is 10.9 Å². The Morgan fingerprint density at radius 1 is 1.22 bits per heavy atom. The van der Waals surface area contributed by atoms with Crippen molar-refractivity contribution in [1.82, 2.24) is 4.57 Å². The van der Waals surface area contributed by atoms with E-state index in [9.17, 15) is 9.59 Å². The third-order valence-corrected chi connectivity index (χ3v) is 4.63. The monoisotopic (exact) mass is 311 g/mol. The van der Waals surface area contributed by atoms with E-state index in [4.69, 9.17) is 15.9 Å². The number of rotatable bonds is 2. The average Bonchev–Trinajstić information content (AvgIpc) is 3.09. The fraction of sp³-hybridized carbons (Fsp3) is 0.333. The molecule has 0 amide bonds. The van der Waals surface area contributed by atoms with Gasteiger partial charge >= 0.3 is 11.9 Å². The number of fused-ring (bicyclic) bond motifs is 3. The molecule has 1 aliphatic heterocycles. The number of esters is 2. The Kier molecular flexibility index (Phi) is 3.22. The number of para-hydroxylation sites is 1. The van der Waals surface area contributed by atoms with Crippen molar-refractivity contribution in [2.75, 3.05) is 14.2 Å². The van der Waals surface area contributed by atoms with Crippen molar-refractivity contribution in [1.29, 1.82) is 0 Å². The molecule has 5 nitrogen and oxygen atoms in total. The summed E-state index contributed by atoms with van der Waals surface area (Å²) >= 11 is 0. The number of methoxy groups -OCH3 is 2.